The number of amides is 1. The number of anilines is 1. The topological polar surface area (TPSA) is 64.0 Å². The molecule has 120 valence electrons. The summed E-state index contributed by atoms with van der Waals surface area (Å²) in [5.41, 5.74) is 1.68. The second-order valence-corrected chi connectivity index (χ2v) is 6.69. The van der Waals surface area contributed by atoms with E-state index in [1.165, 1.54) is 11.3 Å². The van der Waals surface area contributed by atoms with E-state index in [0.717, 1.165) is 10.4 Å². The van der Waals surface area contributed by atoms with Gasteiger partial charge in [0.25, 0.3) is 0 Å². The predicted octanol–water partition coefficient (Wildman–Crippen LogP) is 3.77. The summed E-state index contributed by atoms with van der Waals surface area (Å²) in [4.78, 5) is 29.8. The van der Waals surface area contributed by atoms with Crippen molar-refractivity contribution in [3.8, 4) is 10.4 Å². The summed E-state index contributed by atoms with van der Waals surface area (Å²) in [5, 5.41) is 3.46. The van der Waals surface area contributed by atoms with Crippen molar-refractivity contribution in [2.45, 2.75) is 18.9 Å². The molecule has 1 atom stereocenters. The molecule has 1 amide bonds. The normalized spacial score (nSPS) is 16.7. The van der Waals surface area contributed by atoms with Crippen molar-refractivity contribution in [2.75, 3.05) is 5.32 Å². The summed E-state index contributed by atoms with van der Waals surface area (Å²) >= 11 is 1.44. The summed E-state index contributed by atoms with van der Waals surface area (Å²) in [6.07, 6.45) is 4.47. The molecule has 0 radical (unpaired) electrons. The molecule has 0 aliphatic carbocycles. The van der Waals surface area contributed by atoms with Crippen molar-refractivity contribution in [1.29, 1.82) is 0 Å². The number of nitrogens with one attached hydrogen (secondary N) is 1. The molecule has 6 heteroatoms. The first-order valence-electron chi connectivity index (χ1n) is 7.74. The Balaban J connectivity index is 1.53. The minimum absolute atomic E-state index is 0.0877. The van der Waals surface area contributed by atoms with E-state index in [0.29, 0.717) is 23.7 Å². The summed E-state index contributed by atoms with van der Waals surface area (Å²) in [6, 6.07) is 13.1. The van der Waals surface area contributed by atoms with Gasteiger partial charge in [-0.15, -0.1) is 0 Å². The van der Waals surface area contributed by atoms with Gasteiger partial charge in [0, 0.05) is 18.8 Å². The Morgan fingerprint density at radius 3 is 2.88 bits per heavy atom. The highest BCUT2D eigenvalue weighted by atomic mass is 32.1. The fraction of sp³-hybridized carbons (Fsp3) is 0.167. The molecule has 0 saturated heterocycles. The van der Waals surface area contributed by atoms with E-state index in [-0.39, 0.29) is 17.7 Å². The van der Waals surface area contributed by atoms with Gasteiger partial charge in [0.2, 0.25) is 5.91 Å². The van der Waals surface area contributed by atoms with Crippen LogP contribution in [0.25, 0.3) is 10.4 Å². The molecule has 0 bridgehead atoms. The van der Waals surface area contributed by atoms with Gasteiger partial charge in [0.1, 0.15) is 6.04 Å². The molecule has 1 unspecified atom stereocenters. The number of aromatic nitrogens is 2. The van der Waals surface area contributed by atoms with Crippen molar-refractivity contribution >= 4 is 28.2 Å². The van der Waals surface area contributed by atoms with Gasteiger partial charge in [-0.25, -0.2) is 4.98 Å². The maximum absolute atomic E-state index is 12.6. The molecule has 1 aliphatic heterocycles. The van der Waals surface area contributed by atoms with Crippen LogP contribution in [-0.2, 0) is 4.79 Å². The van der Waals surface area contributed by atoms with Gasteiger partial charge in [-0.1, -0.05) is 41.7 Å². The summed E-state index contributed by atoms with van der Waals surface area (Å²) in [7, 11) is 0. The lowest BCUT2D eigenvalue weighted by atomic mass is 10.0. The van der Waals surface area contributed by atoms with Crippen molar-refractivity contribution in [2.24, 2.45) is 0 Å². The van der Waals surface area contributed by atoms with Gasteiger partial charge < -0.3 is 9.88 Å². The van der Waals surface area contributed by atoms with Crippen LogP contribution in [0.3, 0.4) is 0 Å². The van der Waals surface area contributed by atoms with Crippen molar-refractivity contribution in [3.63, 3.8) is 0 Å². The highest BCUT2D eigenvalue weighted by molar-refractivity contribution is 7.19. The quantitative estimate of drug-likeness (QED) is 0.791. The number of ketones is 1. The van der Waals surface area contributed by atoms with Gasteiger partial charge >= 0.3 is 0 Å². The molecule has 0 saturated carbocycles. The molecule has 0 fully saturated rings. The van der Waals surface area contributed by atoms with Crippen LogP contribution in [0.5, 0.6) is 0 Å². The van der Waals surface area contributed by atoms with E-state index in [2.05, 4.69) is 10.3 Å². The lowest BCUT2D eigenvalue weighted by molar-refractivity contribution is -0.119. The molecular weight excluding hydrogens is 322 g/mol. The van der Waals surface area contributed by atoms with Gasteiger partial charge in [-0.2, -0.15) is 0 Å². The van der Waals surface area contributed by atoms with Crippen LogP contribution in [0.4, 0.5) is 5.13 Å². The largest absolute Gasteiger partial charge is 0.333 e. The number of Topliss-reactive ketones (excluding diaryl/α,β-unsaturated/α-hetero) is 1. The molecule has 1 aliphatic rings. The van der Waals surface area contributed by atoms with E-state index in [4.69, 9.17) is 0 Å². The second-order valence-electron chi connectivity index (χ2n) is 5.66. The van der Waals surface area contributed by atoms with Gasteiger partial charge in [-0.3, -0.25) is 9.59 Å². The molecule has 3 aromatic rings. The molecule has 1 N–H and O–H groups in total. The molecule has 2 aromatic heterocycles. The molecule has 0 spiro atoms. The third-order valence-corrected chi connectivity index (χ3v) is 5.10. The maximum Gasteiger partial charge on any atom is 0.249 e. The average Bonchev–Trinajstić information content (AvgIpc) is 3.26. The minimum Gasteiger partial charge on any atom is -0.333 e. The lowest BCUT2D eigenvalue weighted by Crippen LogP contribution is -2.31. The molecule has 1 aromatic carbocycles. The van der Waals surface area contributed by atoms with E-state index < -0.39 is 0 Å². The first-order valence-corrected chi connectivity index (χ1v) is 8.56. The number of hydrogen-bond acceptors (Lipinski definition) is 4. The second kappa shape index (κ2) is 6.05. The van der Waals surface area contributed by atoms with E-state index >= 15 is 0 Å². The van der Waals surface area contributed by atoms with Gasteiger partial charge in [0.05, 0.1) is 10.6 Å². The fourth-order valence-electron chi connectivity index (χ4n) is 2.95. The SMILES string of the molecule is O=C1CCC(C(=O)Nc2ncc(-c3ccccc3)s2)n2cccc21. The van der Waals surface area contributed by atoms with Crippen LogP contribution >= 0.6 is 11.3 Å². The number of rotatable bonds is 3. The third kappa shape index (κ3) is 2.65. The standard InChI is InChI=1S/C18H15N3O2S/c22-15-9-8-14(21-10-4-7-13(15)21)17(23)20-18-19-11-16(24-18)12-5-2-1-3-6-12/h1-7,10-11,14H,8-9H2,(H,19,20,23). The number of nitrogens with zero attached hydrogens (tertiary/aromatic N) is 2. The van der Waals surface area contributed by atoms with Gasteiger partial charge in [-0.05, 0) is 24.1 Å². The van der Waals surface area contributed by atoms with Crippen molar-refractivity contribution in [1.82, 2.24) is 9.55 Å². The molecule has 5 nitrogen and oxygen atoms in total. The Bertz CT molecular complexity index is 898. The average molecular weight is 337 g/mol. The minimum atomic E-state index is -0.364. The number of fused-ring (bicyclic) bond motifs is 1. The van der Waals surface area contributed by atoms with Crippen LogP contribution in [0.15, 0.2) is 54.9 Å². The summed E-state index contributed by atoms with van der Waals surface area (Å²) in [6.45, 7) is 0. The van der Waals surface area contributed by atoms with E-state index in [1.54, 1.807) is 29.1 Å². The summed E-state index contributed by atoms with van der Waals surface area (Å²) in [5.74, 6) is -0.0430. The number of hydrogen-bond donors (Lipinski definition) is 1. The first kappa shape index (κ1) is 14.8. The number of thiazole rings is 1. The van der Waals surface area contributed by atoms with Gasteiger partial charge in [0.15, 0.2) is 10.9 Å². The van der Waals surface area contributed by atoms with E-state index in [9.17, 15) is 9.59 Å². The molecular formula is C18H15N3O2S. The van der Waals surface area contributed by atoms with Crippen LogP contribution in [0.1, 0.15) is 29.4 Å². The van der Waals surface area contributed by atoms with Crippen LogP contribution in [0.2, 0.25) is 0 Å². The van der Waals surface area contributed by atoms with Crippen LogP contribution < -0.4 is 5.32 Å². The predicted molar refractivity (Wildman–Crippen MR) is 93.2 cm³/mol. The smallest absolute Gasteiger partial charge is 0.249 e. The van der Waals surface area contributed by atoms with E-state index in [1.807, 2.05) is 30.3 Å². The Labute approximate surface area is 143 Å². The number of benzene rings is 1. The van der Waals surface area contributed by atoms with Crippen LogP contribution in [0, 0.1) is 0 Å². The Morgan fingerprint density at radius 2 is 2.04 bits per heavy atom. The molecule has 3 heterocycles. The third-order valence-electron chi connectivity index (χ3n) is 4.14. The molecule has 24 heavy (non-hydrogen) atoms. The highest BCUT2D eigenvalue weighted by Gasteiger charge is 2.29. The van der Waals surface area contributed by atoms with Crippen molar-refractivity contribution < 1.29 is 9.59 Å². The monoisotopic (exact) mass is 337 g/mol. The zero-order chi connectivity index (χ0) is 16.5. The Kier molecular flexibility index (Phi) is 3.74. The van der Waals surface area contributed by atoms with Crippen LogP contribution in [-0.4, -0.2) is 21.2 Å². The zero-order valence-corrected chi connectivity index (χ0v) is 13.6. The van der Waals surface area contributed by atoms with Crippen molar-refractivity contribution in [3.05, 3.63) is 60.6 Å². The zero-order valence-electron chi connectivity index (χ0n) is 12.8. The number of carbonyl (C=O) groups is 2. The highest BCUT2D eigenvalue weighted by Crippen LogP contribution is 2.31. The Morgan fingerprint density at radius 1 is 1.21 bits per heavy atom. The summed E-state index contributed by atoms with van der Waals surface area (Å²) < 4.78 is 1.76. The number of carbonyl (C=O) groups excluding carboxylic acids is 2. The lowest BCUT2D eigenvalue weighted by Gasteiger charge is -2.24. The Hall–Kier alpha value is -2.73. The maximum atomic E-state index is 12.6. The fourth-order valence-corrected chi connectivity index (χ4v) is 3.78. The first-order chi connectivity index (χ1) is 11.7. The molecule has 4 rings (SSSR count).